The van der Waals surface area contributed by atoms with Gasteiger partial charge in [0.25, 0.3) is 0 Å². The summed E-state index contributed by atoms with van der Waals surface area (Å²) >= 11 is 9.03. The summed E-state index contributed by atoms with van der Waals surface area (Å²) in [5.74, 6) is 0.691. The summed E-state index contributed by atoms with van der Waals surface area (Å²) in [5.41, 5.74) is 1.78. The molecular weight excluding hydrogens is 412 g/mol. The fourth-order valence-electron chi connectivity index (χ4n) is 2.66. The van der Waals surface area contributed by atoms with Crippen LogP contribution in [0.4, 0.5) is 15.6 Å². The van der Waals surface area contributed by atoms with Crippen LogP contribution in [0.2, 0.25) is 5.02 Å². The molecule has 4 rings (SSSR count). The molecule has 0 saturated carbocycles. The van der Waals surface area contributed by atoms with Crippen LogP contribution in [0.25, 0.3) is 10.8 Å². The highest BCUT2D eigenvalue weighted by Gasteiger charge is 2.11. The van der Waals surface area contributed by atoms with Crippen LogP contribution in [0.1, 0.15) is 5.56 Å². The first-order chi connectivity index (χ1) is 13.7. The maximum atomic E-state index is 12.4. The molecule has 0 aliphatic heterocycles. The lowest BCUT2D eigenvalue weighted by atomic mass is 10.1. The minimum absolute atomic E-state index is 0.352. The van der Waals surface area contributed by atoms with Crippen LogP contribution < -0.4 is 10.6 Å². The van der Waals surface area contributed by atoms with Gasteiger partial charge in [0.2, 0.25) is 5.13 Å². The highest BCUT2D eigenvalue weighted by Crippen LogP contribution is 2.30. The van der Waals surface area contributed by atoms with E-state index in [4.69, 9.17) is 11.6 Å². The van der Waals surface area contributed by atoms with Crippen LogP contribution in [-0.4, -0.2) is 16.2 Å². The van der Waals surface area contributed by atoms with Gasteiger partial charge >= 0.3 is 6.03 Å². The van der Waals surface area contributed by atoms with Crippen molar-refractivity contribution in [3.8, 4) is 0 Å². The fourth-order valence-corrected chi connectivity index (χ4v) is 4.69. The Morgan fingerprint density at radius 2 is 1.75 bits per heavy atom. The molecule has 4 aromatic rings. The van der Waals surface area contributed by atoms with Crippen LogP contribution in [0.5, 0.6) is 0 Å². The lowest BCUT2D eigenvalue weighted by Gasteiger charge is -2.08. The summed E-state index contributed by atoms with van der Waals surface area (Å²) in [5, 5.41) is 17.0. The number of halogens is 1. The Balaban J connectivity index is 1.38. The maximum absolute atomic E-state index is 12.4. The summed E-state index contributed by atoms with van der Waals surface area (Å²) in [6.45, 7) is 0. The lowest BCUT2D eigenvalue weighted by Crippen LogP contribution is -2.19. The van der Waals surface area contributed by atoms with Crippen molar-refractivity contribution in [3.63, 3.8) is 0 Å². The van der Waals surface area contributed by atoms with Gasteiger partial charge in [0, 0.05) is 16.2 Å². The molecule has 0 bridgehead atoms. The SMILES string of the molecule is O=C(Nc1nnc(SCc2ccccc2Cl)s1)Nc1cccc2ccccc12. The quantitative estimate of drug-likeness (QED) is 0.291. The second-order valence-electron chi connectivity index (χ2n) is 5.86. The molecule has 140 valence electrons. The van der Waals surface area contributed by atoms with Gasteiger partial charge < -0.3 is 5.32 Å². The third-order valence-electron chi connectivity index (χ3n) is 3.97. The minimum Gasteiger partial charge on any atom is -0.307 e. The molecule has 2 amide bonds. The zero-order valence-corrected chi connectivity index (χ0v) is 16.9. The number of nitrogens with zero attached hydrogens (tertiary/aromatic N) is 2. The zero-order chi connectivity index (χ0) is 19.3. The minimum atomic E-state index is -0.352. The summed E-state index contributed by atoms with van der Waals surface area (Å²) in [6, 6.07) is 21.0. The number of amides is 2. The van der Waals surface area contributed by atoms with Crippen LogP contribution in [0, 0.1) is 0 Å². The van der Waals surface area contributed by atoms with Crippen LogP contribution in [-0.2, 0) is 5.75 Å². The molecule has 1 aromatic heterocycles. The van der Waals surface area contributed by atoms with Gasteiger partial charge in [-0.2, -0.15) is 0 Å². The van der Waals surface area contributed by atoms with E-state index in [0.29, 0.717) is 10.9 Å². The monoisotopic (exact) mass is 426 g/mol. The maximum Gasteiger partial charge on any atom is 0.325 e. The van der Waals surface area contributed by atoms with E-state index in [9.17, 15) is 4.79 Å². The van der Waals surface area contributed by atoms with E-state index < -0.39 is 0 Å². The number of fused-ring (bicyclic) bond motifs is 1. The van der Waals surface area contributed by atoms with Crippen LogP contribution in [0.15, 0.2) is 71.1 Å². The molecule has 3 aromatic carbocycles. The van der Waals surface area contributed by atoms with E-state index >= 15 is 0 Å². The lowest BCUT2D eigenvalue weighted by molar-refractivity contribution is 0.262. The number of nitrogens with one attached hydrogen (secondary N) is 2. The molecule has 0 saturated heterocycles. The number of hydrogen-bond acceptors (Lipinski definition) is 5. The molecule has 0 fully saturated rings. The Morgan fingerprint density at radius 1 is 0.964 bits per heavy atom. The molecule has 1 heterocycles. The van der Waals surface area contributed by atoms with E-state index in [1.54, 1.807) is 0 Å². The van der Waals surface area contributed by atoms with Gasteiger partial charge in [0.1, 0.15) is 0 Å². The van der Waals surface area contributed by atoms with Gasteiger partial charge in [0.15, 0.2) is 4.34 Å². The zero-order valence-electron chi connectivity index (χ0n) is 14.6. The molecule has 2 N–H and O–H groups in total. The van der Waals surface area contributed by atoms with Crippen molar-refractivity contribution in [3.05, 3.63) is 77.3 Å². The Morgan fingerprint density at radius 3 is 2.64 bits per heavy atom. The highest BCUT2D eigenvalue weighted by molar-refractivity contribution is 8.00. The van der Waals surface area contributed by atoms with Crippen molar-refractivity contribution in [2.45, 2.75) is 10.1 Å². The number of thioether (sulfide) groups is 1. The van der Waals surface area contributed by atoms with E-state index in [2.05, 4.69) is 20.8 Å². The van der Waals surface area contributed by atoms with Gasteiger partial charge in [-0.25, -0.2) is 4.79 Å². The normalized spacial score (nSPS) is 10.8. The first kappa shape index (κ1) is 18.7. The smallest absolute Gasteiger partial charge is 0.307 e. The van der Waals surface area contributed by atoms with Crippen molar-refractivity contribution in [2.24, 2.45) is 0 Å². The predicted octanol–water partition coefficient (Wildman–Crippen LogP) is 6.28. The number of carbonyl (C=O) groups excluding carboxylic acids is 1. The van der Waals surface area contributed by atoms with Crippen molar-refractivity contribution < 1.29 is 4.79 Å². The summed E-state index contributed by atoms with van der Waals surface area (Å²) in [7, 11) is 0. The number of anilines is 2. The molecule has 0 atom stereocenters. The second kappa shape index (κ2) is 8.60. The summed E-state index contributed by atoms with van der Waals surface area (Å²) in [4.78, 5) is 12.4. The third kappa shape index (κ3) is 4.44. The Labute approximate surface area is 175 Å². The molecule has 0 unspecified atom stereocenters. The molecule has 0 radical (unpaired) electrons. The topological polar surface area (TPSA) is 66.9 Å². The summed E-state index contributed by atoms with van der Waals surface area (Å²) < 4.78 is 0.764. The second-order valence-corrected chi connectivity index (χ2v) is 8.47. The number of benzene rings is 3. The molecule has 8 heteroatoms. The molecule has 28 heavy (non-hydrogen) atoms. The Bertz CT molecular complexity index is 1130. The van der Waals surface area contributed by atoms with Crippen molar-refractivity contribution in [2.75, 3.05) is 10.6 Å². The molecule has 0 spiro atoms. The van der Waals surface area contributed by atoms with E-state index in [1.807, 2.05) is 66.7 Å². The highest BCUT2D eigenvalue weighted by atomic mass is 35.5. The van der Waals surface area contributed by atoms with Gasteiger partial charge in [-0.1, -0.05) is 89.3 Å². The first-order valence-electron chi connectivity index (χ1n) is 8.44. The molecule has 5 nitrogen and oxygen atoms in total. The van der Waals surface area contributed by atoms with Crippen molar-refractivity contribution in [1.29, 1.82) is 0 Å². The van der Waals surface area contributed by atoms with Crippen molar-refractivity contribution in [1.82, 2.24) is 10.2 Å². The number of urea groups is 1. The number of hydrogen-bond donors (Lipinski definition) is 2. The van der Waals surface area contributed by atoms with Crippen LogP contribution >= 0.6 is 34.7 Å². The largest absolute Gasteiger partial charge is 0.325 e. The van der Waals surface area contributed by atoms with Gasteiger partial charge in [0.05, 0.1) is 5.69 Å². The van der Waals surface area contributed by atoms with Crippen LogP contribution in [0.3, 0.4) is 0 Å². The first-order valence-corrected chi connectivity index (χ1v) is 10.6. The van der Waals surface area contributed by atoms with Gasteiger partial charge in [-0.3, -0.25) is 5.32 Å². The Kier molecular flexibility index (Phi) is 5.76. The molecule has 0 aliphatic rings. The van der Waals surface area contributed by atoms with E-state index in [1.165, 1.54) is 23.1 Å². The average molecular weight is 427 g/mol. The summed E-state index contributed by atoms with van der Waals surface area (Å²) in [6.07, 6.45) is 0. The Hall–Kier alpha value is -2.61. The van der Waals surface area contributed by atoms with Gasteiger partial charge in [-0.05, 0) is 23.1 Å². The number of rotatable bonds is 5. The van der Waals surface area contributed by atoms with E-state index in [-0.39, 0.29) is 6.03 Å². The number of aromatic nitrogens is 2. The molecule has 0 aliphatic carbocycles. The fraction of sp³-hybridized carbons (Fsp3) is 0.0500. The van der Waals surface area contributed by atoms with Gasteiger partial charge in [-0.15, -0.1) is 10.2 Å². The third-order valence-corrected chi connectivity index (χ3v) is 6.36. The standard InChI is InChI=1S/C20H15ClN4OS2/c21-16-10-4-2-7-14(16)12-27-20-25-24-19(28-20)23-18(26)22-17-11-5-8-13-6-1-3-9-15(13)17/h1-11H,12H2,(H2,22,23,24,26). The number of carbonyl (C=O) groups is 1. The molecular formula is C20H15ClN4OS2. The van der Waals surface area contributed by atoms with E-state index in [0.717, 1.165) is 31.4 Å². The average Bonchev–Trinajstić information content (AvgIpc) is 3.15. The van der Waals surface area contributed by atoms with Crippen molar-refractivity contribution >= 4 is 62.3 Å². The predicted molar refractivity (Wildman–Crippen MR) is 118 cm³/mol.